The highest BCUT2D eigenvalue weighted by atomic mass is 16.4. The van der Waals surface area contributed by atoms with Crippen LogP contribution in [-0.2, 0) is 9.59 Å². The summed E-state index contributed by atoms with van der Waals surface area (Å²) in [6, 6.07) is 0. The minimum Gasteiger partial charge on any atom is -0.481 e. The second kappa shape index (κ2) is 7.33. The summed E-state index contributed by atoms with van der Waals surface area (Å²) in [4.78, 5) is 23.1. The Hall–Kier alpha value is -0.940. The van der Waals surface area contributed by atoms with E-state index >= 15 is 0 Å². The van der Waals surface area contributed by atoms with Crippen molar-refractivity contribution in [2.75, 3.05) is 0 Å². The number of aliphatic hydroxyl groups is 2. The highest BCUT2D eigenvalue weighted by molar-refractivity contribution is 5.79. The fraction of sp³-hybridized carbons (Fsp3) is 0.917. The number of carboxylic acid groups (broad SMARTS) is 1. The molecule has 5 nitrogen and oxygen atoms in total. The summed E-state index contributed by atoms with van der Waals surface area (Å²) in [6.07, 6.45) is 5.56. The molecule has 0 aliphatic heterocycles. The summed E-state index contributed by atoms with van der Waals surface area (Å²) < 4.78 is 0. The third kappa shape index (κ3) is 3.18. The Morgan fingerprint density at radius 1 is 1.17 bits per heavy atom. The van der Waals surface area contributed by atoms with Crippen LogP contribution < -0.4 is 0 Å². The Kier molecular flexibility index (Phi) is 5.39. The molecule has 4 saturated carbocycles. The van der Waals surface area contributed by atoms with Crippen molar-refractivity contribution in [1.82, 2.24) is 0 Å². The SMILES string of the molecule is C[C@H](CCC(=O)O)C1CCC2C3C(C[C@H](O)[C@@]21C)[C@@]1(C)CCC(=O)CC1C[C@H]3O. The van der Waals surface area contributed by atoms with Crippen LogP contribution in [0.15, 0.2) is 0 Å². The molecule has 0 spiro atoms. The van der Waals surface area contributed by atoms with E-state index in [1.54, 1.807) is 0 Å². The normalized spacial score (nSPS) is 50.4. The first-order valence-electron chi connectivity index (χ1n) is 11.7. The van der Waals surface area contributed by atoms with Gasteiger partial charge in [0.05, 0.1) is 12.2 Å². The second-order valence-electron chi connectivity index (χ2n) is 11.2. The van der Waals surface area contributed by atoms with Crippen LogP contribution >= 0.6 is 0 Å². The molecule has 164 valence electrons. The summed E-state index contributed by atoms with van der Waals surface area (Å²) in [6.45, 7) is 6.66. The van der Waals surface area contributed by atoms with Gasteiger partial charge in [0.2, 0.25) is 0 Å². The lowest BCUT2D eigenvalue weighted by atomic mass is 9.43. The largest absolute Gasteiger partial charge is 0.481 e. The van der Waals surface area contributed by atoms with Gasteiger partial charge in [-0.3, -0.25) is 9.59 Å². The molecule has 0 amide bonds. The molecule has 0 aromatic rings. The van der Waals surface area contributed by atoms with E-state index in [0.717, 1.165) is 19.3 Å². The fourth-order valence-electron chi connectivity index (χ4n) is 8.50. The minimum absolute atomic E-state index is 0.0348. The van der Waals surface area contributed by atoms with E-state index in [1.165, 1.54) is 0 Å². The first-order valence-corrected chi connectivity index (χ1v) is 11.7. The van der Waals surface area contributed by atoms with Crippen LogP contribution in [0.4, 0.5) is 0 Å². The summed E-state index contributed by atoms with van der Waals surface area (Å²) >= 11 is 0. The van der Waals surface area contributed by atoms with E-state index in [4.69, 9.17) is 5.11 Å². The molecule has 0 bridgehead atoms. The van der Waals surface area contributed by atoms with Gasteiger partial charge >= 0.3 is 5.97 Å². The maximum atomic E-state index is 12.1. The van der Waals surface area contributed by atoms with Crippen molar-refractivity contribution in [3.05, 3.63) is 0 Å². The van der Waals surface area contributed by atoms with Crippen LogP contribution in [0.1, 0.15) is 78.6 Å². The van der Waals surface area contributed by atoms with Gasteiger partial charge in [0.1, 0.15) is 5.78 Å². The number of aliphatic hydroxyl groups excluding tert-OH is 2. The van der Waals surface area contributed by atoms with Crippen LogP contribution in [0.5, 0.6) is 0 Å². The third-order valence-electron chi connectivity index (χ3n) is 10.2. The first-order chi connectivity index (χ1) is 13.6. The standard InChI is InChI=1S/C24H38O5/c1-13(4-7-21(28)29)16-5-6-17-22-18(12-20(27)24(16,17)3)23(2)9-8-15(25)10-14(23)11-19(22)26/h13-14,16-20,22,26-27H,4-12H2,1-3H3,(H,28,29)/t13-,14?,16?,17?,18?,19-,20+,22?,23+,24-/m1/s1. The third-order valence-corrected chi connectivity index (χ3v) is 10.2. The molecule has 0 radical (unpaired) electrons. The Morgan fingerprint density at radius 2 is 1.90 bits per heavy atom. The summed E-state index contributed by atoms with van der Waals surface area (Å²) in [5, 5.41) is 31.8. The van der Waals surface area contributed by atoms with Crippen LogP contribution in [0.3, 0.4) is 0 Å². The maximum Gasteiger partial charge on any atom is 0.303 e. The van der Waals surface area contributed by atoms with Crippen molar-refractivity contribution >= 4 is 11.8 Å². The lowest BCUT2D eigenvalue weighted by Gasteiger charge is -2.63. The summed E-state index contributed by atoms with van der Waals surface area (Å²) in [7, 11) is 0. The predicted molar refractivity (Wildman–Crippen MR) is 109 cm³/mol. The van der Waals surface area contributed by atoms with Gasteiger partial charge in [0.25, 0.3) is 0 Å². The molecular formula is C24H38O5. The monoisotopic (exact) mass is 406 g/mol. The number of carbonyl (C=O) groups excluding carboxylic acids is 1. The Balaban J connectivity index is 1.61. The van der Waals surface area contributed by atoms with E-state index in [-0.39, 0.29) is 46.8 Å². The van der Waals surface area contributed by atoms with Gasteiger partial charge in [0.15, 0.2) is 0 Å². The average molecular weight is 407 g/mol. The predicted octanol–water partition coefficient (Wildman–Crippen LogP) is 3.66. The molecule has 4 rings (SSSR count). The number of rotatable bonds is 4. The number of ketones is 1. The summed E-state index contributed by atoms with van der Waals surface area (Å²) in [5.41, 5.74) is -0.221. The zero-order valence-corrected chi connectivity index (χ0v) is 18.1. The molecule has 0 saturated heterocycles. The second-order valence-corrected chi connectivity index (χ2v) is 11.2. The highest BCUT2D eigenvalue weighted by Crippen LogP contribution is 2.68. The molecule has 29 heavy (non-hydrogen) atoms. The molecule has 0 heterocycles. The Labute approximate surface area is 174 Å². The number of Topliss-reactive ketones (excluding diaryl/α,β-unsaturated/α-hetero) is 1. The van der Waals surface area contributed by atoms with Crippen LogP contribution in [0.2, 0.25) is 0 Å². The minimum atomic E-state index is -0.755. The van der Waals surface area contributed by atoms with Crippen LogP contribution in [-0.4, -0.2) is 39.3 Å². The molecule has 0 aromatic carbocycles. The van der Waals surface area contributed by atoms with Crippen molar-refractivity contribution < 1.29 is 24.9 Å². The van der Waals surface area contributed by atoms with Crippen molar-refractivity contribution in [2.24, 2.45) is 46.3 Å². The van der Waals surface area contributed by atoms with Crippen molar-refractivity contribution in [3.63, 3.8) is 0 Å². The number of hydrogen-bond acceptors (Lipinski definition) is 4. The average Bonchev–Trinajstić information content (AvgIpc) is 3.01. The Bertz CT molecular complexity index is 676. The molecule has 5 unspecified atom stereocenters. The molecule has 10 atom stereocenters. The molecule has 0 aromatic heterocycles. The number of hydrogen-bond donors (Lipinski definition) is 3. The van der Waals surface area contributed by atoms with Gasteiger partial charge < -0.3 is 15.3 Å². The first kappa shape index (κ1) is 21.3. The molecule has 4 aliphatic rings. The van der Waals surface area contributed by atoms with Gasteiger partial charge in [0, 0.05) is 19.3 Å². The number of carbonyl (C=O) groups is 2. The molecule has 5 heteroatoms. The van der Waals surface area contributed by atoms with Gasteiger partial charge in [-0.15, -0.1) is 0 Å². The zero-order chi connectivity index (χ0) is 21.1. The van der Waals surface area contributed by atoms with Gasteiger partial charge in [-0.25, -0.2) is 0 Å². The number of fused-ring (bicyclic) bond motifs is 5. The van der Waals surface area contributed by atoms with Crippen LogP contribution in [0.25, 0.3) is 0 Å². The summed E-state index contributed by atoms with van der Waals surface area (Å²) in [5.74, 6) is 1.10. The lowest BCUT2D eigenvalue weighted by molar-refractivity contribution is -0.201. The van der Waals surface area contributed by atoms with E-state index in [2.05, 4.69) is 20.8 Å². The fourth-order valence-corrected chi connectivity index (χ4v) is 8.50. The number of carboxylic acids is 1. The number of aliphatic carboxylic acids is 1. The van der Waals surface area contributed by atoms with E-state index in [9.17, 15) is 19.8 Å². The highest BCUT2D eigenvalue weighted by Gasteiger charge is 2.65. The van der Waals surface area contributed by atoms with E-state index < -0.39 is 18.2 Å². The van der Waals surface area contributed by atoms with Crippen LogP contribution in [0, 0.1) is 46.3 Å². The maximum absolute atomic E-state index is 12.1. The molecule has 3 N–H and O–H groups in total. The van der Waals surface area contributed by atoms with Gasteiger partial charge in [-0.05, 0) is 84.9 Å². The molecular weight excluding hydrogens is 368 g/mol. The lowest BCUT2D eigenvalue weighted by Crippen LogP contribution is -2.62. The van der Waals surface area contributed by atoms with Crippen molar-refractivity contribution in [3.8, 4) is 0 Å². The topological polar surface area (TPSA) is 94.8 Å². The smallest absolute Gasteiger partial charge is 0.303 e. The Morgan fingerprint density at radius 3 is 2.59 bits per heavy atom. The van der Waals surface area contributed by atoms with Gasteiger partial charge in [-0.1, -0.05) is 20.8 Å². The zero-order valence-electron chi connectivity index (χ0n) is 18.1. The molecule has 4 aliphatic carbocycles. The van der Waals surface area contributed by atoms with Crippen molar-refractivity contribution in [1.29, 1.82) is 0 Å². The van der Waals surface area contributed by atoms with Gasteiger partial charge in [-0.2, -0.15) is 0 Å². The van der Waals surface area contributed by atoms with Crippen molar-refractivity contribution in [2.45, 2.75) is 90.8 Å². The van der Waals surface area contributed by atoms with E-state index in [1.807, 2.05) is 0 Å². The van der Waals surface area contributed by atoms with E-state index in [0.29, 0.717) is 43.8 Å². The molecule has 4 fully saturated rings. The quantitative estimate of drug-likeness (QED) is 0.662.